The van der Waals surface area contributed by atoms with Crippen LogP contribution in [0.4, 0.5) is 16.2 Å². The zero-order chi connectivity index (χ0) is 19.6. The maximum Gasteiger partial charge on any atom is 0.319 e. The van der Waals surface area contributed by atoms with Gasteiger partial charge in [-0.05, 0) is 42.3 Å². The number of carbonyl (C=O) groups is 2. The molecule has 0 aliphatic heterocycles. The molecule has 1 atom stereocenters. The maximum atomic E-state index is 12.0. The molecule has 7 nitrogen and oxygen atoms in total. The Bertz CT molecular complexity index is 762. The molecule has 1 unspecified atom stereocenters. The van der Waals surface area contributed by atoms with Crippen LogP contribution in [0.25, 0.3) is 0 Å². The number of carbonyl (C=O) groups excluding carboxylic acids is 2. The van der Waals surface area contributed by atoms with Crippen LogP contribution >= 0.6 is 0 Å². The molecule has 0 heterocycles. The lowest BCUT2D eigenvalue weighted by molar-refractivity contribution is -0.114. The summed E-state index contributed by atoms with van der Waals surface area (Å²) in [5.41, 5.74) is 2.46. The van der Waals surface area contributed by atoms with E-state index in [2.05, 4.69) is 16.0 Å². The van der Waals surface area contributed by atoms with Gasteiger partial charge in [0.25, 0.3) is 0 Å². The summed E-state index contributed by atoms with van der Waals surface area (Å²) >= 11 is 0. The number of urea groups is 1. The topological polar surface area (TPSA) is 99.7 Å². The first-order chi connectivity index (χ1) is 13.0. The Hall–Kier alpha value is -3.06. The van der Waals surface area contributed by atoms with Gasteiger partial charge in [0.15, 0.2) is 0 Å². The summed E-state index contributed by atoms with van der Waals surface area (Å²) in [6.45, 7) is 3.54. The SMILES string of the molecule is CCc1ccccc1NC(=O)NCC(O)COc1ccc(NC(C)=O)cc1. The number of rotatable bonds is 8. The molecule has 2 aromatic rings. The molecule has 0 bridgehead atoms. The van der Waals surface area contributed by atoms with Crippen molar-refractivity contribution in [1.82, 2.24) is 5.32 Å². The smallest absolute Gasteiger partial charge is 0.319 e. The van der Waals surface area contributed by atoms with E-state index in [1.807, 2.05) is 31.2 Å². The average molecular weight is 371 g/mol. The van der Waals surface area contributed by atoms with Gasteiger partial charge in [0.2, 0.25) is 5.91 Å². The largest absolute Gasteiger partial charge is 0.491 e. The highest BCUT2D eigenvalue weighted by molar-refractivity contribution is 5.90. The van der Waals surface area contributed by atoms with Crippen molar-refractivity contribution >= 4 is 23.3 Å². The highest BCUT2D eigenvalue weighted by Crippen LogP contribution is 2.16. The Labute approximate surface area is 158 Å². The van der Waals surface area contributed by atoms with Crippen LogP contribution in [-0.4, -0.2) is 36.3 Å². The van der Waals surface area contributed by atoms with Gasteiger partial charge in [-0.15, -0.1) is 0 Å². The first-order valence-electron chi connectivity index (χ1n) is 8.79. The van der Waals surface area contributed by atoms with Crippen LogP contribution in [0.1, 0.15) is 19.4 Å². The number of nitrogens with one attached hydrogen (secondary N) is 3. The molecule has 2 rings (SSSR count). The Morgan fingerprint density at radius 2 is 1.78 bits per heavy atom. The molecule has 144 valence electrons. The number of aliphatic hydroxyl groups is 1. The Morgan fingerprint density at radius 1 is 1.07 bits per heavy atom. The van der Waals surface area contributed by atoms with Gasteiger partial charge in [0.1, 0.15) is 18.5 Å². The summed E-state index contributed by atoms with van der Waals surface area (Å²) in [6, 6.07) is 14.0. The van der Waals surface area contributed by atoms with Gasteiger partial charge in [-0.25, -0.2) is 4.79 Å². The minimum atomic E-state index is -0.854. The third kappa shape index (κ3) is 6.99. The third-order valence-electron chi connectivity index (χ3n) is 3.76. The molecule has 0 aliphatic carbocycles. The van der Waals surface area contributed by atoms with E-state index >= 15 is 0 Å². The monoisotopic (exact) mass is 371 g/mol. The fourth-order valence-corrected chi connectivity index (χ4v) is 2.42. The summed E-state index contributed by atoms with van der Waals surface area (Å²) in [7, 11) is 0. The normalized spacial score (nSPS) is 11.4. The molecule has 0 saturated carbocycles. The summed E-state index contributed by atoms with van der Waals surface area (Å²) in [6.07, 6.45) is -0.0413. The van der Waals surface area contributed by atoms with Gasteiger partial charge < -0.3 is 25.8 Å². The fourth-order valence-electron chi connectivity index (χ4n) is 2.42. The highest BCUT2D eigenvalue weighted by Gasteiger charge is 2.09. The number of anilines is 2. The standard InChI is InChI=1S/C20H25N3O4/c1-3-15-6-4-5-7-19(15)23-20(26)21-12-17(25)13-27-18-10-8-16(9-11-18)22-14(2)24/h4-11,17,25H,3,12-13H2,1-2H3,(H,22,24)(H2,21,23,26). The van der Waals surface area contributed by atoms with Crippen LogP contribution in [0.15, 0.2) is 48.5 Å². The van der Waals surface area contributed by atoms with Gasteiger partial charge in [-0.1, -0.05) is 25.1 Å². The second-order valence-electron chi connectivity index (χ2n) is 6.02. The van der Waals surface area contributed by atoms with Gasteiger partial charge >= 0.3 is 6.03 Å². The number of hydrogen-bond donors (Lipinski definition) is 4. The van der Waals surface area contributed by atoms with Gasteiger partial charge in [-0.3, -0.25) is 4.79 Å². The molecule has 4 N–H and O–H groups in total. The Kier molecular flexibility index (Phi) is 7.63. The fraction of sp³-hybridized carbons (Fsp3) is 0.300. The second kappa shape index (κ2) is 10.2. The van der Waals surface area contributed by atoms with Crippen LogP contribution in [-0.2, 0) is 11.2 Å². The number of amides is 3. The van der Waals surface area contributed by atoms with Crippen molar-refractivity contribution in [2.24, 2.45) is 0 Å². The number of ether oxygens (including phenoxy) is 1. The van der Waals surface area contributed by atoms with E-state index in [0.717, 1.165) is 17.7 Å². The summed E-state index contributed by atoms with van der Waals surface area (Å²) in [5, 5.41) is 18.0. The minimum Gasteiger partial charge on any atom is -0.491 e. The van der Waals surface area contributed by atoms with E-state index in [-0.39, 0.29) is 25.1 Å². The van der Waals surface area contributed by atoms with E-state index in [9.17, 15) is 14.7 Å². The molecule has 0 saturated heterocycles. The van der Waals surface area contributed by atoms with Crippen molar-refractivity contribution in [3.05, 3.63) is 54.1 Å². The quantitative estimate of drug-likeness (QED) is 0.573. The van der Waals surface area contributed by atoms with E-state index in [1.165, 1.54) is 6.92 Å². The maximum absolute atomic E-state index is 12.0. The van der Waals surface area contributed by atoms with E-state index in [0.29, 0.717) is 11.4 Å². The van der Waals surface area contributed by atoms with Crippen LogP contribution in [0.2, 0.25) is 0 Å². The third-order valence-corrected chi connectivity index (χ3v) is 3.76. The minimum absolute atomic E-state index is 0.0330. The number of para-hydroxylation sites is 1. The van der Waals surface area contributed by atoms with E-state index in [1.54, 1.807) is 24.3 Å². The van der Waals surface area contributed by atoms with Crippen LogP contribution in [0.5, 0.6) is 5.75 Å². The van der Waals surface area contributed by atoms with Crippen LogP contribution in [0.3, 0.4) is 0 Å². The van der Waals surface area contributed by atoms with Crippen molar-refractivity contribution in [3.8, 4) is 5.75 Å². The number of aryl methyl sites for hydroxylation is 1. The molecule has 2 aromatic carbocycles. The second-order valence-corrected chi connectivity index (χ2v) is 6.02. The van der Waals surface area contributed by atoms with E-state index in [4.69, 9.17) is 4.74 Å². The zero-order valence-electron chi connectivity index (χ0n) is 15.5. The molecule has 27 heavy (non-hydrogen) atoms. The van der Waals surface area contributed by atoms with Crippen molar-refractivity contribution < 1.29 is 19.4 Å². The number of hydrogen-bond acceptors (Lipinski definition) is 4. The van der Waals surface area contributed by atoms with Gasteiger partial charge in [-0.2, -0.15) is 0 Å². The van der Waals surface area contributed by atoms with Crippen molar-refractivity contribution in [3.63, 3.8) is 0 Å². The molecule has 0 fully saturated rings. The first-order valence-corrected chi connectivity index (χ1v) is 8.79. The molecule has 0 aromatic heterocycles. The molecule has 7 heteroatoms. The summed E-state index contributed by atoms with van der Waals surface area (Å²) in [4.78, 5) is 23.0. The lowest BCUT2D eigenvalue weighted by Gasteiger charge is -2.15. The first kappa shape index (κ1) is 20.3. The molecule has 0 spiro atoms. The van der Waals surface area contributed by atoms with Crippen molar-refractivity contribution in [1.29, 1.82) is 0 Å². The lowest BCUT2D eigenvalue weighted by Crippen LogP contribution is -2.37. The zero-order valence-corrected chi connectivity index (χ0v) is 15.5. The van der Waals surface area contributed by atoms with E-state index < -0.39 is 6.10 Å². The molecule has 3 amide bonds. The van der Waals surface area contributed by atoms with Gasteiger partial charge in [0.05, 0.1) is 0 Å². The molecule has 0 aliphatic rings. The predicted molar refractivity (Wildman–Crippen MR) is 105 cm³/mol. The molecule has 0 radical (unpaired) electrons. The van der Waals surface area contributed by atoms with Crippen LogP contribution < -0.4 is 20.7 Å². The Morgan fingerprint density at radius 3 is 2.44 bits per heavy atom. The molecular weight excluding hydrogens is 346 g/mol. The highest BCUT2D eigenvalue weighted by atomic mass is 16.5. The molecular formula is C20H25N3O4. The Balaban J connectivity index is 1.73. The van der Waals surface area contributed by atoms with Crippen molar-refractivity contribution in [2.45, 2.75) is 26.4 Å². The van der Waals surface area contributed by atoms with Gasteiger partial charge in [0, 0.05) is 24.8 Å². The summed E-state index contributed by atoms with van der Waals surface area (Å²) in [5.74, 6) is 0.412. The lowest BCUT2D eigenvalue weighted by atomic mass is 10.1. The predicted octanol–water partition coefficient (Wildman–Crippen LogP) is 2.77. The number of benzene rings is 2. The average Bonchev–Trinajstić information content (AvgIpc) is 2.66. The summed E-state index contributed by atoms with van der Waals surface area (Å²) < 4.78 is 5.48. The van der Waals surface area contributed by atoms with Crippen LogP contribution in [0, 0.1) is 0 Å². The number of aliphatic hydroxyl groups excluding tert-OH is 1. The van der Waals surface area contributed by atoms with Crippen molar-refractivity contribution in [2.75, 3.05) is 23.8 Å².